The van der Waals surface area contributed by atoms with Crippen molar-refractivity contribution in [3.63, 3.8) is 0 Å². The van der Waals surface area contributed by atoms with Crippen molar-refractivity contribution in [2.45, 2.75) is 12.8 Å². The van der Waals surface area contributed by atoms with Gasteiger partial charge in [0.2, 0.25) is 0 Å². The number of halogens is 1. The molecule has 0 aliphatic carbocycles. The fourth-order valence-electron chi connectivity index (χ4n) is 1.59. The zero-order valence-electron chi connectivity index (χ0n) is 9.74. The maximum absolute atomic E-state index is 5.86. The molecule has 4 heteroatoms. The van der Waals surface area contributed by atoms with Crippen LogP contribution >= 0.6 is 22.9 Å². The summed E-state index contributed by atoms with van der Waals surface area (Å²) in [6, 6.07) is 7.83. The molecule has 2 rings (SSSR count). The second kappa shape index (κ2) is 6.15. The molecule has 0 unspecified atom stereocenters. The van der Waals surface area contributed by atoms with Crippen LogP contribution in [0.2, 0.25) is 5.02 Å². The Morgan fingerprint density at radius 1 is 1.29 bits per heavy atom. The van der Waals surface area contributed by atoms with Crippen molar-refractivity contribution in [3.05, 3.63) is 40.4 Å². The Morgan fingerprint density at radius 2 is 2.06 bits per heavy atom. The van der Waals surface area contributed by atoms with Crippen molar-refractivity contribution in [2.75, 3.05) is 13.6 Å². The SMILES string of the molecule is CNCCCc1cnc(-c2ccc(Cl)cc2)s1. The van der Waals surface area contributed by atoms with Crippen LogP contribution in [-0.2, 0) is 6.42 Å². The monoisotopic (exact) mass is 266 g/mol. The summed E-state index contributed by atoms with van der Waals surface area (Å²) in [5.74, 6) is 0. The van der Waals surface area contributed by atoms with Crippen molar-refractivity contribution < 1.29 is 0 Å². The van der Waals surface area contributed by atoms with E-state index in [0.717, 1.165) is 35.0 Å². The van der Waals surface area contributed by atoms with Crippen LogP contribution in [0.1, 0.15) is 11.3 Å². The lowest BCUT2D eigenvalue weighted by molar-refractivity contribution is 0.729. The number of hydrogen-bond acceptors (Lipinski definition) is 3. The fraction of sp³-hybridized carbons (Fsp3) is 0.308. The molecular formula is C13H15ClN2S. The topological polar surface area (TPSA) is 24.9 Å². The minimum absolute atomic E-state index is 0.763. The summed E-state index contributed by atoms with van der Waals surface area (Å²) in [5, 5.41) is 4.99. The van der Waals surface area contributed by atoms with E-state index in [9.17, 15) is 0 Å². The molecule has 0 radical (unpaired) electrons. The Balaban J connectivity index is 2.04. The third kappa shape index (κ3) is 3.53. The molecular weight excluding hydrogens is 252 g/mol. The Kier molecular flexibility index (Phi) is 4.54. The zero-order chi connectivity index (χ0) is 12.1. The van der Waals surface area contributed by atoms with Crippen LogP contribution in [0.15, 0.2) is 30.5 Å². The molecule has 1 aromatic carbocycles. The molecule has 17 heavy (non-hydrogen) atoms. The van der Waals surface area contributed by atoms with E-state index in [2.05, 4.69) is 10.3 Å². The van der Waals surface area contributed by atoms with Crippen LogP contribution in [0, 0.1) is 0 Å². The van der Waals surface area contributed by atoms with Gasteiger partial charge in [0.1, 0.15) is 5.01 Å². The standard InChI is InChI=1S/C13H15ClN2S/c1-15-8-2-3-12-9-16-13(17-12)10-4-6-11(14)7-5-10/h4-7,9,15H,2-3,8H2,1H3. The molecule has 0 spiro atoms. The number of nitrogens with zero attached hydrogens (tertiary/aromatic N) is 1. The lowest BCUT2D eigenvalue weighted by atomic mass is 10.2. The van der Waals surface area contributed by atoms with E-state index in [4.69, 9.17) is 11.6 Å². The molecule has 0 atom stereocenters. The summed E-state index contributed by atoms with van der Waals surface area (Å²) < 4.78 is 0. The van der Waals surface area contributed by atoms with E-state index >= 15 is 0 Å². The zero-order valence-corrected chi connectivity index (χ0v) is 11.3. The third-order valence-electron chi connectivity index (χ3n) is 2.49. The van der Waals surface area contributed by atoms with Crippen LogP contribution in [0.3, 0.4) is 0 Å². The number of benzene rings is 1. The van der Waals surface area contributed by atoms with Gasteiger partial charge in [-0.25, -0.2) is 4.98 Å². The molecule has 0 saturated carbocycles. The van der Waals surface area contributed by atoms with Gasteiger partial charge in [-0.15, -0.1) is 11.3 Å². The molecule has 1 aromatic heterocycles. The Labute approximate surface area is 111 Å². The number of nitrogens with one attached hydrogen (secondary N) is 1. The highest BCUT2D eigenvalue weighted by Crippen LogP contribution is 2.26. The number of thiazole rings is 1. The molecule has 0 saturated heterocycles. The van der Waals surface area contributed by atoms with Crippen LogP contribution in [0.25, 0.3) is 10.6 Å². The molecule has 0 aliphatic rings. The Hall–Kier alpha value is -0.900. The average molecular weight is 267 g/mol. The van der Waals surface area contributed by atoms with Crippen molar-refractivity contribution in [1.82, 2.24) is 10.3 Å². The summed E-state index contributed by atoms with van der Waals surface area (Å²) in [7, 11) is 1.98. The van der Waals surface area contributed by atoms with Crippen molar-refractivity contribution in [3.8, 4) is 10.6 Å². The first kappa shape index (κ1) is 12.6. The first-order valence-electron chi connectivity index (χ1n) is 5.65. The summed E-state index contributed by atoms with van der Waals surface area (Å²) >= 11 is 7.63. The van der Waals surface area contributed by atoms with Gasteiger partial charge in [-0.2, -0.15) is 0 Å². The van der Waals surface area contributed by atoms with Gasteiger partial charge >= 0.3 is 0 Å². The first-order chi connectivity index (χ1) is 8.29. The maximum atomic E-state index is 5.86. The van der Waals surface area contributed by atoms with Crippen molar-refractivity contribution in [2.24, 2.45) is 0 Å². The van der Waals surface area contributed by atoms with Gasteiger partial charge in [-0.05, 0) is 38.6 Å². The van der Waals surface area contributed by atoms with E-state index in [0.29, 0.717) is 0 Å². The van der Waals surface area contributed by atoms with E-state index in [1.54, 1.807) is 11.3 Å². The Bertz CT molecular complexity index is 465. The van der Waals surface area contributed by atoms with Gasteiger partial charge < -0.3 is 5.32 Å². The highest BCUT2D eigenvalue weighted by atomic mass is 35.5. The maximum Gasteiger partial charge on any atom is 0.123 e. The minimum atomic E-state index is 0.763. The van der Waals surface area contributed by atoms with E-state index < -0.39 is 0 Å². The quantitative estimate of drug-likeness (QED) is 0.837. The summed E-state index contributed by atoms with van der Waals surface area (Å²) in [6.07, 6.45) is 4.22. The number of rotatable bonds is 5. The van der Waals surface area contributed by atoms with E-state index in [1.807, 2.05) is 37.5 Å². The highest BCUT2D eigenvalue weighted by molar-refractivity contribution is 7.15. The molecule has 2 aromatic rings. The van der Waals surface area contributed by atoms with E-state index in [-0.39, 0.29) is 0 Å². The molecule has 0 bridgehead atoms. The molecule has 1 heterocycles. The van der Waals surface area contributed by atoms with Crippen LogP contribution in [0.5, 0.6) is 0 Å². The third-order valence-corrected chi connectivity index (χ3v) is 3.85. The lowest BCUT2D eigenvalue weighted by Gasteiger charge is -1.96. The average Bonchev–Trinajstić information content (AvgIpc) is 2.79. The van der Waals surface area contributed by atoms with Crippen molar-refractivity contribution in [1.29, 1.82) is 0 Å². The largest absolute Gasteiger partial charge is 0.320 e. The van der Waals surface area contributed by atoms with Gasteiger partial charge in [-0.3, -0.25) is 0 Å². The van der Waals surface area contributed by atoms with Crippen LogP contribution in [0.4, 0.5) is 0 Å². The molecule has 0 amide bonds. The molecule has 0 aliphatic heterocycles. The van der Waals surface area contributed by atoms with Gasteiger partial charge in [0.25, 0.3) is 0 Å². The van der Waals surface area contributed by atoms with Gasteiger partial charge in [0, 0.05) is 21.7 Å². The molecule has 0 fully saturated rings. The predicted molar refractivity (Wildman–Crippen MR) is 74.8 cm³/mol. The summed E-state index contributed by atoms with van der Waals surface area (Å²) in [6.45, 7) is 1.05. The molecule has 2 nitrogen and oxygen atoms in total. The van der Waals surface area contributed by atoms with Gasteiger partial charge in [0.05, 0.1) is 0 Å². The second-order valence-electron chi connectivity index (χ2n) is 3.85. The number of aromatic nitrogens is 1. The van der Waals surface area contributed by atoms with Gasteiger partial charge in [-0.1, -0.05) is 23.7 Å². The van der Waals surface area contributed by atoms with Crippen LogP contribution in [-0.4, -0.2) is 18.6 Å². The van der Waals surface area contributed by atoms with Crippen molar-refractivity contribution >= 4 is 22.9 Å². The fourth-order valence-corrected chi connectivity index (χ4v) is 2.67. The minimum Gasteiger partial charge on any atom is -0.320 e. The normalized spacial score (nSPS) is 10.7. The Morgan fingerprint density at radius 3 is 2.76 bits per heavy atom. The summed E-state index contributed by atoms with van der Waals surface area (Å²) in [5.41, 5.74) is 1.14. The summed E-state index contributed by atoms with van der Waals surface area (Å²) in [4.78, 5) is 5.79. The van der Waals surface area contributed by atoms with Gasteiger partial charge in [0.15, 0.2) is 0 Å². The van der Waals surface area contributed by atoms with Crippen LogP contribution < -0.4 is 5.32 Å². The molecule has 1 N–H and O–H groups in total. The van der Waals surface area contributed by atoms with E-state index in [1.165, 1.54) is 4.88 Å². The smallest absolute Gasteiger partial charge is 0.123 e. The first-order valence-corrected chi connectivity index (χ1v) is 6.84. The number of aryl methyl sites for hydroxylation is 1. The molecule has 90 valence electrons. The predicted octanol–water partition coefficient (Wildman–Crippen LogP) is 3.62. The highest BCUT2D eigenvalue weighted by Gasteiger charge is 2.04. The lowest BCUT2D eigenvalue weighted by Crippen LogP contribution is -2.07. The number of hydrogen-bond donors (Lipinski definition) is 1. The second-order valence-corrected chi connectivity index (χ2v) is 5.40.